The van der Waals surface area contributed by atoms with E-state index in [9.17, 15) is 13.2 Å². The monoisotopic (exact) mass is 439 g/mol. The summed E-state index contributed by atoms with van der Waals surface area (Å²) in [5.41, 5.74) is 1.64. The number of hydrogen-bond acceptors (Lipinski definition) is 5. The lowest BCUT2D eigenvalue weighted by molar-refractivity contribution is -0.127. The minimum absolute atomic E-state index is 0.0308. The maximum absolute atomic E-state index is 14.5. The van der Waals surface area contributed by atoms with Crippen LogP contribution < -0.4 is 10.2 Å². The zero-order chi connectivity index (χ0) is 21.9. The molecule has 2 saturated heterocycles. The molecule has 164 valence electrons. The number of ether oxygens (including phenoxy) is 1. The van der Waals surface area contributed by atoms with Gasteiger partial charge in [0.1, 0.15) is 5.82 Å². The van der Waals surface area contributed by atoms with E-state index in [2.05, 4.69) is 32.4 Å². The highest BCUT2D eigenvalue weighted by atomic mass is 19.3. The summed E-state index contributed by atoms with van der Waals surface area (Å²) in [5.74, 6) is -0.353. The molecule has 0 radical (unpaired) electrons. The molecule has 2 aromatic carbocycles. The van der Waals surface area contributed by atoms with E-state index in [-0.39, 0.29) is 17.5 Å². The Bertz CT molecular complexity index is 1330. The number of alkyl halides is 2. The van der Waals surface area contributed by atoms with Crippen LogP contribution in [0.5, 0.6) is 0 Å². The second-order valence-corrected chi connectivity index (χ2v) is 8.60. The van der Waals surface area contributed by atoms with Gasteiger partial charge in [-0.25, -0.2) is 22.7 Å². The zero-order valence-corrected chi connectivity index (χ0v) is 17.1. The summed E-state index contributed by atoms with van der Waals surface area (Å²) in [6.07, 6.45) is 0.544. The number of nitrogens with zero attached hydrogens (tertiary/aromatic N) is 4. The SMILES string of the molecule is Fc1c(CNc2nn3ccnc3c3ccc(N4CC5(COC5)C4)cc23)cccc1C(F)F. The van der Waals surface area contributed by atoms with Gasteiger partial charge >= 0.3 is 0 Å². The fourth-order valence-corrected chi connectivity index (χ4v) is 4.59. The molecule has 2 aliphatic heterocycles. The first kappa shape index (κ1) is 19.4. The molecule has 0 saturated carbocycles. The van der Waals surface area contributed by atoms with E-state index in [1.807, 2.05) is 6.07 Å². The van der Waals surface area contributed by atoms with Crippen molar-refractivity contribution in [2.45, 2.75) is 13.0 Å². The average Bonchev–Trinajstić information content (AvgIpc) is 3.19. The molecule has 0 unspecified atom stereocenters. The van der Waals surface area contributed by atoms with Gasteiger partial charge in [0.15, 0.2) is 11.5 Å². The molecule has 4 heterocycles. The van der Waals surface area contributed by atoms with E-state index >= 15 is 0 Å². The van der Waals surface area contributed by atoms with Crippen LogP contribution in [0.25, 0.3) is 16.4 Å². The molecule has 0 aliphatic carbocycles. The van der Waals surface area contributed by atoms with Crippen molar-refractivity contribution in [1.82, 2.24) is 14.6 Å². The van der Waals surface area contributed by atoms with Gasteiger partial charge in [0.2, 0.25) is 0 Å². The van der Waals surface area contributed by atoms with Gasteiger partial charge in [0.05, 0.1) is 24.2 Å². The van der Waals surface area contributed by atoms with Crippen LogP contribution in [-0.2, 0) is 11.3 Å². The molecule has 6 rings (SSSR count). The standard InChI is InChI=1S/C23H20F3N5O/c24-19-14(2-1-3-17(19)20(25)26)9-28-21-18-8-15(30-10-23(11-30)12-32-13-23)4-5-16(18)22-27-6-7-31(22)29-21/h1-8,20H,9-13H2,(H,28,29). The smallest absolute Gasteiger partial charge is 0.266 e. The van der Waals surface area contributed by atoms with Crippen LogP contribution in [-0.4, -0.2) is 40.9 Å². The third kappa shape index (κ3) is 2.99. The van der Waals surface area contributed by atoms with Gasteiger partial charge in [-0.2, -0.15) is 0 Å². The molecule has 1 N–H and O–H groups in total. The number of anilines is 2. The van der Waals surface area contributed by atoms with Crippen LogP contribution in [0.4, 0.5) is 24.7 Å². The van der Waals surface area contributed by atoms with E-state index in [0.29, 0.717) is 5.82 Å². The van der Waals surface area contributed by atoms with Crippen molar-refractivity contribution in [2.24, 2.45) is 5.41 Å². The minimum atomic E-state index is -2.86. The maximum atomic E-state index is 14.5. The third-order valence-electron chi connectivity index (χ3n) is 6.35. The molecule has 6 nitrogen and oxygen atoms in total. The number of hydrogen-bond donors (Lipinski definition) is 1. The van der Waals surface area contributed by atoms with Crippen LogP contribution >= 0.6 is 0 Å². The van der Waals surface area contributed by atoms with Crippen molar-refractivity contribution in [3.8, 4) is 0 Å². The maximum Gasteiger partial charge on any atom is 0.266 e. The van der Waals surface area contributed by atoms with Crippen molar-refractivity contribution >= 4 is 27.9 Å². The molecule has 0 bridgehead atoms. The van der Waals surface area contributed by atoms with Crippen molar-refractivity contribution in [3.63, 3.8) is 0 Å². The number of aromatic nitrogens is 3. The Morgan fingerprint density at radius 3 is 2.72 bits per heavy atom. The first-order chi connectivity index (χ1) is 15.5. The molecule has 9 heteroatoms. The summed E-state index contributed by atoms with van der Waals surface area (Å²) in [7, 11) is 0. The second kappa shape index (κ2) is 7.09. The van der Waals surface area contributed by atoms with Gasteiger partial charge in [-0.15, -0.1) is 5.10 Å². The molecular formula is C23H20F3N5O. The molecule has 2 aliphatic rings. The number of halogens is 3. The predicted octanol–water partition coefficient (Wildman–Crippen LogP) is 4.41. The highest BCUT2D eigenvalue weighted by Gasteiger charge is 2.49. The van der Waals surface area contributed by atoms with E-state index in [0.717, 1.165) is 54.5 Å². The van der Waals surface area contributed by atoms with E-state index in [1.165, 1.54) is 12.1 Å². The van der Waals surface area contributed by atoms with Crippen molar-refractivity contribution < 1.29 is 17.9 Å². The van der Waals surface area contributed by atoms with Crippen LogP contribution in [0.15, 0.2) is 48.8 Å². The Morgan fingerprint density at radius 2 is 1.97 bits per heavy atom. The largest absolute Gasteiger partial charge is 0.380 e. The van der Waals surface area contributed by atoms with Crippen molar-refractivity contribution in [1.29, 1.82) is 0 Å². The Hall–Kier alpha value is -3.33. The lowest BCUT2D eigenvalue weighted by Crippen LogP contribution is -2.66. The van der Waals surface area contributed by atoms with Crippen LogP contribution in [0.2, 0.25) is 0 Å². The average molecular weight is 439 g/mol. The van der Waals surface area contributed by atoms with Crippen molar-refractivity contribution in [3.05, 3.63) is 65.7 Å². The van der Waals surface area contributed by atoms with E-state index in [1.54, 1.807) is 16.9 Å². The van der Waals surface area contributed by atoms with Gasteiger partial charge < -0.3 is 15.0 Å². The van der Waals surface area contributed by atoms with Gasteiger partial charge in [-0.1, -0.05) is 18.2 Å². The van der Waals surface area contributed by atoms with Crippen molar-refractivity contribution in [2.75, 3.05) is 36.5 Å². The van der Waals surface area contributed by atoms with Crippen LogP contribution in [0.3, 0.4) is 0 Å². The molecule has 4 aromatic rings. The highest BCUT2D eigenvalue weighted by Crippen LogP contribution is 2.41. The molecule has 2 fully saturated rings. The van der Waals surface area contributed by atoms with Crippen LogP contribution in [0, 0.1) is 11.2 Å². The quantitative estimate of drug-likeness (QED) is 0.499. The summed E-state index contributed by atoms with van der Waals surface area (Å²) in [4.78, 5) is 6.70. The van der Waals surface area contributed by atoms with E-state index < -0.39 is 17.8 Å². The number of nitrogens with one attached hydrogen (secondary N) is 1. The summed E-state index contributed by atoms with van der Waals surface area (Å²) in [6, 6.07) is 10.2. The number of benzene rings is 2. The fraction of sp³-hybridized carbons (Fsp3) is 0.304. The molecule has 0 atom stereocenters. The Morgan fingerprint density at radius 1 is 1.12 bits per heavy atom. The number of imidazole rings is 1. The third-order valence-corrected chi connectivity index (χ3v) is 6.35. The fourth-order valence-electron chi connectivity index (χ4n) is 4.59. The predicted molar refractivity (Wildman–Crippen MR) is 115 cm³/mol. The summed E-state index contributed by atoms with van der Waals surface area (Å²) in [6.45, 7) is 3.55. The van der Waals surface area contributed by atoms with Gasteiger partial charge in [-0.05, 0) is 18.2 Å². The lowest BCUT2D eigenvalue weighted by atomic mass is 9.77. The summed E-state index contributed by atoms with van der Waals surface area (Å²) < 4.78 is 47.7. The Kier molecular flexibility index (Phi) is 4.29. The molecule has 0 amide bonds. The van der Waals surface area contributed by atoms with E-state index in [4.69, 9.17) is 4.74 Å². The molecular weight excluding hydrogens is 419 g/mol. The normalized spacial score (nSPS) is 17.2. The molecule has 2 aromatic heterocycles. The highest BCUT2D eigenvalue weighted by molar-refractivity contribution is 6.01. The molecule has 32 heavy (non-hydrogen) atoms. The zero-order valence-electron chi connectivity index (χ0n) is 17.1. The van der Waals surface area contributed by atoms with Gasteiger partial charge in [0, 0.05) is 54.1 Å². The second-order valence-electron chi connectivity index (χ2n) is 8.60. The minimum Gasteiger partial charge on any atom is -0.380 e. The molecule has 1 spiro atoms. The summed E-state index contributed by atoms with van der Waals surface area (Å²) in [5, 5.41) is 9.50. The lowest BCUT2D eigenvalue weighted by Gasteiger charge is -2.56. The van der Waals surface area contributed by atoms with Crippen LogP contribution in [0.1, 0.15) is 17.6 Å². The summed E-state index contributed by atoms with van der Waals surface area (Å²) >= 11 is 0. The number of rotatable bonds is 5. The van der Waals surface area contributed by atoms with Gasteiger partial charge in [-0.3, -0.25) is 0 Å². The Labute approximate surface area is 181 Å². The first-order valence-electron chi connectivity index (χ1n) is 10.4. The number of fused-ring (bicyclic) bond motifs is 3. The van der Waals surface area contributed by atoms with Gasteiger partial charge in [0.25, 0.3) is 6.43 Å². The topological polar surface area (TPSA) is 54.7 Å². The first-order valence-corrected chi connectivity index (χ1v) is 10.4. The Balaban J connectivity index is 1.36.